The number of rotatable bonds is 4. The van der Waals surface area contributed by atoms with E-state index in [4.69, 9.17) is 0 Å². The Morgan fingerprint density at radius 1 is 1.41 bits per heavy atom. The van der Waals surface area contributed by atoms with Crippen LogP contribution in [0.25, 0.3) is 0 Å². The van der Waals surface area contributed by atoms with E-state index in [9.17, 15) is 8.42 Å². The zero-order chi connectivity index (χ0) is 12.3. The molecule has 1 fully saturated rings. The van der Waals surface area contributed by atoms with E-state index in [1.807, 2.05) is 6.92 Å². The van der Waals surface area contributed by atoms with E-state index in [1.54, 1.807) is 4.31 Å². The molecule has 1 aromatic rings. The average Bonchev–Trinajstić information content (AvgIpc) is 2.85. The maximum atomic E-state index is 12.4. The van der Waals surface area contributed by atoms with Gasteiger partial charge in [0.15, 0.2) is 5.03 Å². The van der Waals surface area contributed by atoms with Crippen molar-refractivity contribution < 1.29 is 8.42 Å². The topological polar surface area (TPSA) is 66.1 Å². The Morgan fingerprint density at radius 3 is 2.65 bits per heavy atom. The monoisotopic (exact) mass is 257 g/mol. The molecule has 1 N–H and O–H groups in total. The fourth-order valence-corrected chi connectivity index (χ4v) is 4.10. The molecule has 1 heterocycles. The minimum absolute atomic E-state index is 0.155. The van der Waals surface area contributed by atoms with Crippen molar-refractivity contribution in [2.45, 2.75) is 50.1 Å². The van der Waals surface area contributed by atoms with Gasteiger partial charge in [0.25, 0.3) is 10.0 Å². The van der Waals surface area contributed by atoms with Gasteiger partial charge in [0.1, 0.15) is 0 Å². The van der Waals surface area contributed by atoms with Crippen LogP contribution in [0.2, 0.25) is 0 Å². The van der Waals surface area contributed by atoms with Gasteiger partial charge in [0, 0.05) is 12.6 Å². The third kappa shape index (κ3) is 2.52. The highest BCUT2D eigenvalue weighted by Crippen LogP contribution is 2.26. The van der Waals surface area contributed by atoms with E-state index in [1.165, 1.54) is 18.7 Å². The summed E-state index contributed by atoms with van der Waals surface area (Å²) in [5.41, 5.74) is 0. The van der Waals surface area contributed by atoms with Crippen LogP contribution in [0.4, 0.5) is 0 Å². The Kier molecular flexibility index (Phi) is 3.83. The molecule has 0 aliphatic heterocycles. The predicted octanol–water partition coefficient (Wildman–Crippen LogP) is 1.75. The van der Waals surface area contributed by atoms with Crippen molar-refractivity contribution in [3.05, 3.63) is 12.3 Å². The number of sulfonamides is 1. The van der Waals surface area contributed by atoms with Crippen molar-refractivity contribution in [2.24, 2.45) is 0 Å². The molecule has 0 amide bonds. The fraction of sp³-hybridized carbons (Fsp3) is 0.727. The smallest absolute Gasteiger partial charge is 0.260 e. The van der Waals surface area contributed by atoms with Gasteiger partial charge in [-0.1, -0.05) is 26.2 Å². The van der Waals surface area contributed by atoms with Gasteiger partial charge in [-0.05, 0) is 18.9 Å². The highest BCUT2D eigenvalue weighted by atomic mass is 32.2. The van der Waals surface area contributed by atoms with Crippen LogP contribution < -0.4 is 0 Å². The molecule has 17 heavy (non-hydrogen) atoms. The lowest BCUT2D eigenvalue weighted by molar-refractivity contribution is 0.260. The highest BCUT2D eigenvalue weighted by Gasteiger charge is 2.31. The predicted molar refractivity (Wildman–Crippen MR) is 65.0 cm³/mol. The molecule has 0 saturated heterocycles. The van der Waals surface area contributed by atoms with Crippen LogP contribution in [0.5, 0.6) is 0 Å². The Morgan fingerprint density at radius 2 is 2.12 bits per heavy atom. The molecular formula is C11H19N3O2S. The zero-order valence-corrected chi connectivity index (χ0v) is 10.9. The van der Waals surface area contributed by atoms with E-state index in [0.717, 1.165) is 25.7 Å². The largest absolute Gasteiger partial charge is 0.266 e. The summed E-state index contributed by atoms with van der Waals surface area (Å²) in [4.78, 5) is 0. The first-order valence-electron chi connectivity index (χ1n) is 6.17. The molecule has 0 atom stereocenters. The summed E-state index contributed by atoms with van der Waals surface area (Å²) in [6, 6.07) is 1.67. The molecular weight excluding hydrogens is 238 g/mol. The summed E-state index contributed by atoms with van der Waals surface area (Å²) in [7, 11) is -3.39. The molecule has 0 unspecified atom stereocenters. The lowest BCUT2D eigenvalue weighted by atomic mass is 9.95. The van der Waals surface area contributed by atoms with Gasteiger partial charge < -0.3 is 0 Å². The molecule has 0 radical (unpaired) electrons. The molecule has 1 aliphatic carbocycles. The molecule has 5 nitrogen and oxygen atoms in total. The molecule has 0 aromatic carbocycles. The van der Waals surface area contributed by atoms with Crippen LogP contribution in [-0.4, -0.2) is 35.5 Å². The van der Waals surface area contributed by atoms with Gasteiger partial charge in [-0.2, -0.15) is 9.40 Å². The molecule has 1 aliphatic rings. The second-order valence-corrected chi connectivity index (χ2v) is 6.28. The van der Waals surface area contributed by atoms with Crippen molar-refractivity contribution in [3.63, 3.8) is 0 Å². The number of aromatic nitrogens is 2. The Balaban J connectivity index is 2.23. The van der Waals surface area contributed by atoms with Crippen LogP contribution in [0.1, 0.15) is 39.0 Å². The van der Waals surface area contributed by atoms with Crippen LogP contribution in [0, 0.1) is 0 Å². The van der Waals surface area contributed by atoms with Crippen molar-refractivity contribution in [2.75, 3.05) is 6.54 Å². The molecule has 0 spiro atoms. The lowest BCUT2D eigenvalue weighted by Gasteiger charge is -2.32. The van der Waals surface area contributed by atoms with Crippen LogP contribution in [0.3, 0.4) is 0 Å². The third-order valence-electron chi connectivity index (χ3n) is 3.36. The first kappa shape index (κ1) is 12.6. The minimum atomic E-state index is -3.39. The van der Waals surface area contributed by atoms with Crippen molar-refractivity contribution in [1.29, 1.82) is 0 Å². The van der Waals surface area contributed by atoms with Crippen molar-refractivity contribution in [1.82, 2.24) is 14.5 Å². The normalized spacial score (nSPS) is 18.7. The van der Waals surface area contributed by atoms with Gasteiger partial charge in [-0.3, -0.25) is 5.10 Å². The summed E-state index contributed by atoms with van der Waals surface area (Å²) >= 11 is 0. The van der Waals surface area contributed by atoms with E-state index in [-0.39, 0.29) is 11.1 Å². The van der Waals surface area contributed by atoms with Crippen LogP contribution in [0.15, 0.2) is 17.3 Å². The van der Waals surface area contributed by atoms with E-state index >= 15 is 0 Å². The number of aromatic amines is 1. The second kappa shape index (κ2) is 5.18. The number of hydrogen-bond acceptors (Lipinski definition) is 3. The summed E-state index contributed by atoms with van der Waals surface area (Å²) in [6.45, 7) is 2.41. The van der Waals surface area contributed by atoms with E-state index in [2.05, 4.69) is 10.2 Å². The van der Waals surface area contributed by atoms with Crippen molar-refractivity contribution >= 4 is 10.0 Å². The minimum Gasteiger partial charge on any atom is -0.266 e. The average molecular weight is 257 g/mol. The number of nitrogens with one attached hydrogen (secondary N) is 1. The number of nitrogens with zero attached hydrogens (tertiary/aromatic N) is 2. The lowest BCUT2D eigenvalue weighted by Crippen LogP contribution is -2.41. The molecule has 6 heteroatoms. The zero-order valence-electron chi connectivity index (χ0n) is 10.1. The van der Waals surface area contributed by atoms with Gasteiger partial charge in [-0.15, -0.1) is 0 Å². The standard InChI is InChI=1S/C11H19N3O2S/c1-2-14(10-6-4-3-5-7-10)17(15,16)11-8-9-12-13-11/h8-10H,2-7H2,1H3,(H,12,13). The van der Waals surface area contributed by atoms with E-state index < -0.39 is 10.0 Å². The molecule has 2 rings (SSSR count). The van der Waals surface area contributed by atoms with Gasteiger partial charge >= 0.3 is 0 Å². The first-order chi connectivity index (χ1) is 8.16. The number of hydrogen-bond donors (Lipinski definition) is 1. The second-order valence-electron chi connectivity index (χ2n) is 4.42. The van der Waals surface area contributed by atoms with Crippen LogP contribution >= 0.6 is 0 Å². The summed E-state index contributed by atoms with van der Waals surface area (Å²) < 4.78 is 26.4. The van der Waals surface area contributed by atoms with Crippen LogP contribution in [-0.2, 0) is 10.0 Å². The van der Waals surface area contributed by atoms with E-state index in [0.29, 0.717) is 6.54 Å². The number of H-pyrrole nitrogens is 1. The Bertz CT molecular complexity index is 435. The summed E-state index contributed by atoms with van der Waals surface area (Å²) in [5.74, 6) is 0. The maximum absolute atomic E-state index is 12.4. The quantitative estimate of drug-likeness (QED) is 0.893. The summed E-state index contributed by atoms with van der Waals surface area (Å²) in [6.07, 6.45) is 6.89. The van der Waals surface area contributed by atoms with Gasteiger partial charge in [-0.25, -0.2) is 8.42 Å². The Labute approximate surface area is 102 Å². The molecule has 1 saturated carbocycles. The fourth-order valence-electron chi connectivity index (χ4n) is 2.51. The summed E-state index contributed by atoms with van der Waals surface area (Å²) in [5, 5.41) is 6.47. The molecule has 96 valence electrons. The molecule has 1 aromatic heterocycles. The third-order valence-corrected chi connectivity index (χ3v) is 5.31. The van der Waals surface area contributed by atoms with Crippen molar-refractivity contribution in [3.8, 4) is 0 Å². The SMILES string of the molecule is CCN(C1CCCCC1)S(=O)(=O)c1ccn[nH]1. The first-order valence-corrected chi connectivity index (χ1v) is 7.61. The maximum Gasteiger partial charge on any atom is 0.260 e. The van der Waals surface area contributed by atoms with Gasteiger partial charge in [0.05, 0.1) is 6.20 Å². The molecule has 0 bridgehead atoms. The highest BCUT2D eigenvalue weighted by molar-refractivity contribution is 7.89. The van der Waals surface area contributed by atoms with Gasteiger partial charge in [0.2, 0.25) is 0 Å². The Hall–Kier alpha value is -0.880.